The van der Waals surface area contributed by atoms with E-state index in [1.54, 1.807) is 6.92 Å². The molecule has 10 heteroatoms. The van der Waals surface area contributed by atoms with Crippen molar-refractivity contribution in [1.82, 2.24) is 19.5 Å². The maximum atomic E-state index is 15.1. The Kier molecular flexibility index (Phi) is 5.31. The van der Waals surface area contributed by atoms with Gasteiger partial charge in [0.25, 0.3) is 0 Å². The molecule has 2 aliphatic rings. The molecule has 0 amide bonds. The average Bonchev–Trinajstić information content (AvgIpc) is 3.18. The quantitative estimate of drug-likeness (QED) is 0.567. The number of nitrogens with zero attached hydrogens (tertiary/aromatic N) is 4. The predicted molar refractivity (Wildman–Crippen MR) is 113 cm³/mol. The zero-order chi connectivity index (χ0) is 22.6. The van der Waals surface area contributed by atoms with Crippen molar-refractivity contribution in [3.8, 4) is 11.3 Å². The van der Waals surface area contributed by atoms with Crippen LogP contribution >= 0.6 is 0 Å². The summed E-state index contributed by atoms with van der Waals surface area (Å²) in [5.41, 5.74) is 1.82. The second-order valence-corrected chi connectivity index (χ2v) is 8.56. The number of aryl methyl sites for hydroxylation is 1. The monoisotopic (exact) mass is 445 g/mol. The van der Waals surface area contributed by atoms with Crippen LogP contribution in [0.5, 0.6) is 0 Å². The van der Waals surface area contributed by atoms with Gasteiger partial charge in [0, 0.05) is 18.2 Å². The Balaban J connectivity index is 1.64. The summed E-state index contributed by atoms with van der Waals surface area (Å²) in [7, 11) is 0. The third kappa shape index (κ3) is 3.42. The number of aliphatic hydroxyl groups excluding tert-OH is 2. The molecule has 1 saturated heterocycles. The van der Waals surface area contributed by atoms with Crippen LogP contribution in [0.25, 0.3) is 22.3 Å². The Hall–Kier alpha value is -2.69. The second-order valence-electron chi connectivity index (χ2n) is 8.56. The molecular weight excluding hydrogens is 420 g/mol. The van der Waals surface area contributed by atoms with Gasteiger partial charge in [-0.05, 0) is 44.7 Å². The topological polar surface area (TPSA) is 105 Å². The lowest BCUT2D eigenvalue weighted by atomic mass is 9.93. The minimum Gasteiger partial charge on any atom is -0.389 e. The molecule has 0 bridgehead atoms. The highest BCUT2D eigenvalue weighted by Crippen LogP contribution is 2.40. The molecule has 8 nitrogen and oxygen atoms in total. The molecule has 3 unspecified atom stereocenters. The molecule has 0 radical (unpaired) electrons. The molecule has 1 fully saturated rings. The van der Waals surface area contributed by atoms with Crippen LogP contribution in [-0.4, -0.2) is 55.1 Å². The Morgan fingerprint density at radius 1 is 1.25 bits per heavy atom. The maximum absolute atomic E-state index is 15.1. The first-order valence-corrected chi connectivity index (χ1v) is 10.8. The smallest absolute Gasteiger partial charge is 0.223 e. The Morgan fingerprint density at radius 2 is 2.06 bits per heavy atom. The van der Waals surface area contributed by atoms with E-state index in [2.05, 4.69) is 20.3 Å². The molecule has 0 spiro atoms. The molecule has 2 aromatic heterocycles. The second kappa shape index (κ2) is 8.02. The van der Waals surface area contributed by atoms with Crippen molar-refractivity contribution in [2.24, 2.45) is 0 Å². The Morgan fingerprint density at radius 3 is 2.81 bits per heavy atom. The first kappa shape index (κ1) is 21.2. The number of hydrogen-bond donors (Lipinski definition) is 3. The largest absolute Gasteiger partial charge is 0.389 e. The van der Waals surface area contributed by atoms with Crippen molar-refractivity contribution < 1.29 is 23.7 Å². The Labute approximate surface area is 183 Å². The van der Waals surface area contributed by atoms with Crippen molar-refractivity contribution in [3.63, 3.8) is 0 Å². The molecule has 3 N–H and O–H groups in total. The number of benzene rings is 1. The SMILES string of the molecule is CC1CCc2c(-c3nc(NC4CCOCC4O)ncc3F)cc(F)c3nc([C@@H](C)O)n1c23. The van der Waals surface area contributed by atoms with Crippen LogP contribution in [0.4, 0.5) is 14.7 Å². The van der Waals surface area contributed by atoms with E-state index in [4.69, 9.17) is 4.74 Å². The summed E-state index contributed by atoms with van der Waals surface area (Å²) in [6.07, 6.45) is 1.35. The number of imidazole rings is 1. The minimum atomic E-state index is -0.865. The van der Waals surface area contributed by atoms with Crippen LogP contribution in [0.1, 0.15) is 50.2 Å². The summed E-state index contributed by atoms with van der Waals surface area (Å²) in [4.78, 5) is 12.7. The molecule has 0 saturated carbocycles. The van der Waals surface area contributed by atoms with Crippen molar-refractivity contribution in [2.45, 2.75) is 57.4 Å². The van der Waals surface area contributed by atoms with E-state index in [9.17, 15) is 14.6 Å². The third-order valence-corrected chi connectivity index (χ3v) is 6.31. The molecule has 3 aromatic rings. The number of halogens is 2. The predicted octanol–water partition coefficient (Wildman–Crippen LogP) is 2.89. The van der Waals surface area contributed by atoms with Crippen LogP contribution < -0.4 is 5.32 Å². The molecule has 170 valence electrons. The number of ether oxygens (including phenoxy) is 1. The van der Waals surface area contributed by atoms with Crippen LogP contribution in [0.2, 0.25) is 0 Å². The summed E-state index contributed by atoms with van der Waals surface area (Å²) >= 11 is 0. The summed E-state index contributed by atoms with van der Waals surface area (Å²) in [5, 5.41) is 23.3. The van der Waals surface area contributed by atoms with E-state index in [0.29, 0.717) is 36.4 Å². The van der Waals surface area contributed by atoms with E-state index in [1.807, 2.05) is 11.5 Å². The van der Waals surface area contributed by atoms with Gasteiger partial charge in [0.1, 0.15) is 23.1 Å². The molecule has 4 atom stereocenters. The molecule has 5 rings (SSSR count). The van der Waals surface area contributed by atoms with E-state index >= 15 is 4.39 Å². The van der Waals surface area contributed by atoms with E-state index in [1.165, 1.54) is 6.07 Å². The highest BCUT2D eigenvalue weighted by Gasteiger charge is 2.30. The minimum absolute atomic E-state index is 0.0132. The van der Waals surface area contributed by atoms with Crippen LogP contribution in [0.15, 0.2) is 12.3 Å². The van der Waals surface area contributed by atoms with E-state index < -0.39 is 23.8 Å². The van der Waals surface area contributed by atoms with Gasteiger partial charge in [0.05, 0.1) is 30.5 Å². The third-order valence-electron chi connectivity index (χ3n) is 6.31. The van der Waals surface area contributed by atoms with Crippen molar-refractivity contribution in [1.29, 1.82) is 0 Å². The molecular formula is C22H25F2N5O3. The number of aromatic nitrogens is 4. The normalized spacial score (nSPS) is 24.0. The maximum Gasteiger partial charge on any atom is 0.223 e. The number of nitrogens with one attached hydrogen (secondary N) is 1. The lowest BCUT2D eigenvalue weighted by Gasteiger charge is -2.28. The van der Waals surface area contributed by atoms with Gasteiger partial charge in [-0.1, -0.05) is 0 Å². The first-order chi connectivity index (χ1) is 15.3. The van der Waals surface area contributed by atoms with Gasteiger partial charge in [-0.15, -0.1) is 0 Å². The fraction of sp³-hybridized carbons (Fsp3) is 0.500. The zero-order valence-electron chi connectivity index (χ0n) is 17.8. The van der Waals surface area contributed by atoms with Gasteiger partial charge in [-0.2, -0.15) is 0 Å². The van der Waals surface area contributed by atoms with Crippen molar-refractivity contribution >= 4 is 17.0 Å². The standard InChI is InChI=1S/C22H25F2N5O3/c1-10-3-4-12-13(7-14(23)19-20(12)29(10)21(27-19)11(2)30)18-15(24)8-25-22(28-18)26-16-5-6-32-9-17(16)31/h7-8,10-11,16-17,30-31H,3-6,9H2,1-2H3,(H,25,26,28)/t10?,11-,16?,17?/m1/s1. The first-order valence-electron chi connectivity index (χ1n) is 10.8. The van der Waals surface area contributed by atoms with Crippen LogP contribution in [0, 0.1) is 11.6 Å². The Bertz CT molecular complexity index is 1180. The summed E-state index contributed by atoms with van der Waals surface area (Å²) in [6.45, 7) is 4.28. The fourth-order valence-corrected chi connectivity index (χ4v) is 4.68. The van der Waals surface area contributed by atoms with E-state index in [0.717, 1.165) is 18.2 Å². The number of anilines is 1. The number of rotatable bonds is 4. The highest BCUT2D eigenvalue weighted by atomic mass is 19.1. The lowest BCUT2D eigenvalue weighted by Crippen LogP contribution is -2.42. The molecule has 32 heavy (non-hydrogen) atoms. The van der Waals surface area contributed by atoms with Gasteiger partial charge in [0.2, 0.25) is 5.95 Å². The van der Waals surface area contributed by atoms with Crippen LogP contribution in [0.3, 0.4) is 0 Å². The van der Waals surface area contributed by atoms with Gasteiger partial charge in [0.15, 0.2) is 11.6 Å². The fourth-order valence-electron chi connectivity index (χ4n) is 4.68. The van der Waals surface area contributed by atoms with Gasteiger partial charge in [-0.3, -0.25) is 0 Å². The van der Waals surface area contributed by atoms with Gasteiger partial charge < -0.3 is 24.8 Å². The van der Waals surface area contributed by atoms with Crippen molar-refractivity contribution in [2.75, 3.05) is 18.5 Å². The molecule has 2 aliphatic heterocycles. The van der Waals surface area contributed by atoms with Gasteiger partial charge >= 0.3 is 0 Å². The lowest BCUT2D eigenvalue weighted by molar-refractivity contribution is -0.0136. The molecule has 1 aromatic carbocycles. The zero-order valence-corrected chi connectivity index (χ0v) is 17.8. The number of hydrogen-bond acceptors (Lipinski definition) is 7. The van der Waals surface area contributed by atoms with Gasteiger partial charge in [-0.25, -0.2) is 23.7 Å². The van der Waals surface area contributed by atoms with E-state index in [-0.39, 0.29) is 35.8 Å². The molecule has 4 heterocycles. The average molecular weight is 445 g/mol. The van der Waals surface area contributed by atoms with Crippen molar-refractivity contribution in [3.05, 3.63) is 35.3 Å². The highest BCUT2D eigenvalue weighted by molar-refractivity contribution is 5.88. The summed E-state index contributed by atoms with van der Waals surface area (Å²) in [6, 6.07) is 0.958. The number of aliphatic hydroxyl groups is 2. The molecule has 0 aliphatic carbocycles. The van der Waals surface area contributed by atoms with Crippen LogP contribution in [-0.2, 0) is 11.2 Å². The summed E-state index contributed by atoms with van der Waals surface area (Å²) in [5.74, 6) is -0.717. The summed E-state index contributed by atoms with van der Waals surface area (Å²) < 4.78 is 37.1.